The van der Waals surface area contributed by atoms with Crippen molar-refractivity contribution in [3.63, 3.8) is 0 Å². The molecule has 0 aliphatic carbocycles. The van der Waals surface area contributed by atoms with E-state index in [0.717, 1.165) is 6.42 Å². The van der Waals surface area contributed by atoms with E-state index in [9.17, 15) is 0 Å². The zero-order valence-corrected chi connectivity index (χ0v) is 13.4. The maximum Gasteiger partial charge on any atom is 0.531 e. The first-order valence-corrected chi connectivity index (χ1v) is 8.82. The average Bonchev–Trinajstić information content (AvgIpc) is 3.09. The summed E-state index contributed by atoms with van der Waals surface area (Å²) in [6, 6.07) is 0. The fourth-order valence-corrected chi connectivity index (χ4v) is 4.70. The van der Waals surface area contributed by atoms with Gasteiger partial charge < -0.3 is 22.8 Å². The lowest BCUT2D eigenvalue weighted by Crippen LogP contribution is -2.58. The monoisotopic (exact) mass is 293 g/mol. The van der Waals surface area contributed by atoms with Crippen LogP contribution in [0.5, 0.6) is 0 Å². The predicted molar refractivity (Wildman–Crippen MR) is 73.5 cm³/mol. The van der Waals surface area contributed by atoms with Gasteiger partial charge in [0, 0.05) is 19.8 Å². The lowest BCUT2D eigenvalue weighted by Gasteiger charge is -2.34. The van der Waals surface area contributed by atoms with Crippen LogP contribution in [0.15, 0.2) is 0 Å². The van der Waals surface area contributed by atoms with Gasteiger partial charge in [-0.2, -0.15) is 0 Å². The van der Waals surface area contributed by atoms with E-state index in [1.807, 2.05) is 27.7 Å². The van der Waals surface area contributed by atoms with E-state index in [0.29, 0.717) is 33.0 Å². The van der Waals surface area contributed by atoms with Gasteiger partial charge in [0.05, 0.1) is 13.2 Å². The summed E-state index contributed by atoms with van der Waals surface area (Å²) in [6.07, 6.45) is 0.752. The zero-order chi connectivity index (χ0) is 14.4. The maximum atomic E-state index is 5.88. The van der Waals surface area contributed by atoms with Gasteiger partial charge in [-0.25, -0.2) is 0 Å². The first kappa shape index (κ1) is 17.0. The van der Waals surface area contributed by atoms with Crippen molar-refractivity contribution in [1.29, 1.82) is 0 Å². The van der Waals surface area contributed by atoms with Crippen LogP contribution >= 0.6 is 0 Å². The maximum absolute atomic E-state index is 5.88. The molecule has 0 radical (unpaired) electrons. The Morgan fingerprint density at radius 3 is 1.89 bits per heavy atom. The van der Waals surface area contributed by atoms with Crippen molar-refractivity contribution in [2.24, 2.45) is 5.73 Å². The van der Waals surface area contributed by atoms with E-state index in [2.05, 4.69) is 0 Å². The normalized spacial score (nSPS) is 24.5. The molecular weight excluding hydrogens is 266 g/mol. The Hall–Kier alpha value is -0.0231. The Bertz CT molecular complexity index is 245. The molecule has 0 aromatic rings. The number of rotatable bonds is 11. The molecule has 0 spiro atoms. The Morgan fingerprint density at radius 1 is 1.11 bits per heavy atom. The summed E-state index contributed by atoms with van der Waals surface area (Å²) >= 11 is 0. The van der Waals surface area contributed by atoms with E-state index in [4.69, 9.17) is 28.5 Å². The van der Waals surface area contributed by atoms with E-state index < -0.39 is 14.5 Å². The Balaban J connectivity index is 2.70. The van der Waals surface area contributed by atoms with Crippen LogP contribution in [0.3, 0.4) is 0 Å². The minimum atomic E-state index is -2.83. The van der Waals surface area contributed by atoms with Crippen molar-refractivity contribution >= 4 is 8.80 Å². The van der Waals surface area contributed by atoms with E-state index >= 15 is 0 Å². The van der Waals surface area contributed by atoms with Crippen LogP contribution in [-0.2, 0) is 22.8 Å². The highest BCUT2D eigenvalue weighted by Gasteiger charge is 2.51. The molecule has 1 rings (SSSR count). The first-order chi connectivity index (χ1) is 9.05. The van der Waals surface area contributed by atoms with Gasteiger partial charge in [-0.3, -0.25) is 5.73 Å². The molecule has 0 saturated carbocycles. The second-order valence-electron chi connectivity index (χ2n) is 4.46. The van der Waals surface area contributed by atoms with Crippen LogP contribution in [0.1, 0.15) is 34.1 Å². The minimum absolute atomic E-state index is 0.211. The second-order valence-corrected chi connectivity index (χ2v) is 7.18. The molecule has 2 unspecified atom stereocenters. The summed E-state index contributed by atoms with van der Waals surface area (Å²) in [6.45, 7) is 10.3. The van der Waals surface area contributed by atoms with Gasteiger partial charge in [0.2, 0.25) is 0 Å². The molecule has 1 aliphatic heterocycles. The molecule has 19 heavy (non-hydrogen) atoms. The molecular formula is C12H27NO5Si. The summed E-state index contributed by atoms with van der Waals surface area (Å²) in [5.74, 6) is 0. The highest BCUT2D eigenvalue weighted by Crippen LogP contribution is 2.25. The molecule has 0 bridgehead atoms. The molecule has 2 atom stereocenters. The minimum Gasteiger partial charge on any atom is -0.372 e. The van der Waals surface area contributed by atoms with E-state index in [1.54, 1.807) is 0 Å². The van der Waals surface area contributed by atoms with E-state index in [-0.39, 0.29) is 5.73 Å². The summed E-state index contributed by atoms with van der Waals surface area (Å²) in [5, 5.41) is 0. The third-order valence-corrected chi connectivity index (χ3v) is 6.28. The van der Waals surface area contributed by atoms with Crippen molar-refractivity contribution in [3.8, 4) is 0 Å². The van der Waals surface area contributed by atoms with Crippen molar-refractivity contribution in [2.75, 3.05) is 33.0 Å². The van der Waals surface area contributed by atoms with Crippen LogP contribution < -0.4 is 5.73 Å². The molecule has 1 saturated heterocycles. The highest BCUT2D eigenvalue weighted by atomic mass is 28.4. The smallest absolute Gasteiger partial charge is 0.372 e. The van der Waals surface area contributed by atoms with Crippen molar-refractivity contribution in [3.05, 3.63) is 0 Å². The summed E-state index contributed by atoms with van der Waals surface area (Å²) in [4.78, 5) is 0. The standard InChI is InChI=1S/C12H27NO5Si/c1-5-11(14-9-12(13)10-15-12)19(16-6-2,17-7-3)18-8-4/h11H,5-10,13H2,1-4H3. The van der Waals surface area contributed by atoms with Crippen molar-refractivity contribution in [2.45, 2.75) is 45.6 Å². The Morgan fingerprint density at radius 2 is 1.58 bits per heavy atom. The highest BCUT2D eigenvalue weighted by molar-refractivity contribution is 6.62. The van der Waals surface area contributed by atoms with Crippen LogP contribution in [-0.4, -0.2) is 53.3 Å². The van der Waals surface area contributed by atoms with E-state index in [1.165, 1.54) is 0 Å². The summed E-state index contributed by atoms with van der Waals surface area (Å²) in [5.41, 5.74) is 5.02. The van der Waals surface area contributed by atoms with Crippen molar-refractivity contribution in [1.82, 2.24) is 0 Å². The number of hydrogen-bond acceptors (Lipinski definition) is 6. The molecule has 7 heteroatoms. The van der Waals surface area contributed by atoms with Gasteiger partial charge in [-0.1, -0.05) is 6.92 Å². The largest absolute Gasteiger partial charge is 0.531 e. The number of ether oxygens (including phenoxy) is 2. The topological polar surface area (TPSA) is 75.5 Å². The first-order valence-electron chi connectivity index (χ1n) is 7.02. The molecule has 1 fully saturated rings. The zero-order valence-electron chi connectivity index (χ0n) is 12.4. The van der Waals surface area contributed by atoms with Crippen LogP contribution in [0.4, 0.5) is 0 Å². The molecule has 6 nitrogen and oxygen atoms in total. The SMILES string of the molecule is CCO[Si](OCC)(OCC)C(CC)OCC1(N)CO1. The average molecular weight is 293 g/mol. The van der Waals surface area contributed by atoms with Gasteiger partial charge in [0.1, 0.15) is 5.73 Å². The third-order valence-electron chi connectivity index (χ3n) is 2.85. The fraction of sp³-hybridized carbons (Fsp3) is 1.00. The Kier molecular flexibility index (Phi) is 6.88. The summed E-state index contributed by atoms with van der Waals surface area (Å²) in [7, 11) is -2.83. The Labute approximate surface area is 116 Å². The van der Waals surface area contributed by atoms with Gasteiger partial charge in [-0.15, -0.1) is 0 Å². The third kappa shape index (κ3) is 4.78. The van der Waals surface area contributed by atoms with Crippen LogP contribution in [0.2, 0.25) is 0 Å². The molecule has 1 heterocycles. The molecule has 0 amide bonds. The molecule has 0 aromatic heterocycles. The lowest BCUT2D eigenvalue weighted by molar-refractivity contribution is -0.0245. The van der Waals surface area contributed by atoms with Crippen LogP contribution in [0, 0.1) is 0 Å². The molecule has 114 valence electrons. The van der Waals surface area contributed by atoms with Gasteiger partial charge in [-0.05, 0) is 27.2 Å². The van der Waals surface area contributed by atoms with Gasteiger partial charge >= 0.3 is 8.80 Å². The van der Waals surface area contributed by atoms with Crippen LogP contribution in [0.25, 0.3) is 0 Å². The molecule has 0 aromatic carbocycles. The predicted octanol–water partition coefficient (Wildman–Crippen LogP) is 1.05. The summed E-state index contributed by atoms with van der Waals surface area (Å²) < 4.78 is 28.5. The quantitative estimate of drug-likeness (QED) is 0.453. The number of nitrogens with two attached hydrogens (primary N) is 1. The second kappa shape index (κ2) is 7.68. The van der Waals surface area contributed by atoms with Gasteiger partial charge in [0.25, 0.3) is 0 Å². The molecule has 2 N–H and O–H groups in total. The van der Waals surface area contributed by atoms with Gasteiger partial charge in [0.15, 0.2) is 5.72 Å². The number of hydrogen-bond donors (Lipinski definition) is 1. The lowest BCUT2D eigenvalue weighted by atomic mass is 10.4. The molecule has 1 aliphatic rings. The fourth-order valence-electron chi connectivity index (χ4n) is 1.89. The van der Waals surface area contributed by atoms with Crippen molar-refractivity contribution < 1.29 is 22.8 Å². The number of epoxide rings is 1.